The molecule has 5 aromatic rings. The lowest BCUT2D eigenvalue weighted by molar-refractivity contribution is 0.103. The number of hydrogen-bond acceptors (Lipinski definition) is 5. The highest BCUT2D eigenvalue weighted by Gasteiger charge is 2.15. The van der Waals surface area contributed by atoms with Crippen molar-refractivity contribution < 1.29 is 9.53 Å². The van der Waals surface area contributed by atoms with E-state index in [2.05, 4.69) is 25.1 Å². The summed E-state index contributed by atoms with van der Waals surface area (Å²) in [7, 11) is 0. The van der Waals surface area contributed by atoms with Gasteiger partial charge < -0.3 is 9.72 Å². The van der Waals surface area contributed by atoms with Crippen LogP contribution in [0.3, 0.4) is 0 Å². The zero-order valence-corrected chi connectivity index (χ0v) is 15.2. The molecule has 0 aliphatic rings. The summed E-state index contributed by atoms with van der Waals surface area (Å²) >= 11 is 0. The maximum Gasteiger partial charge on any atom is 0.229 e. The van der Waals surface area contributed by atoms with E-state index in [0.717, 1.165) is 16.6 Å². The monoisotopic (exact) mass is 381 g/mol. The second-order valence-electron chi connectivity index (χ2n) is 6.39. The molecule has 0 aliphatic carbocycles. The molecule has 0 saturated carbocycles. The van der Waals surface area contributed by atoms with Crippen molar-refractivity contribution in [2.75, 3.05) is 0 Å². The van der Waals surface area contributed by atoms with Crippen LogP contribution in [0.5, 0.6) is 11.6 Å². The molecule has 0 amide bonds. The molecule has 3 heterocycles. The van der Waals surface area contributed by atoms with Gasteiger partial charge in [0, 0.05) is 23.4 Å². The highest BCUT2D eigenvalue weighted by Crippen LogP contribution is 2.26. The molecular formula is C22H15N5O2. The Kier molecular flexibility index (Phi) is 4.10. The molecule has 0 radical (unpaired) electrons. The Morgan fingerprint density at radius 3 is 2.69 bits per heavy atom. The Labute approximate surface area is 165 Å². The lowest BCUT2D eigenvalue weighted by Crippen LogP contribution is -2.03. The highest BCUT2D eigenvalue weighted by molar-refractivity contribution is 6.06. The second-order valence-corrected chi connectivity index (χ2v) is 6.39. The molecule has 0 saturated heterocycles. The third kappa shape index (κ3) is 3.37. The fourth-order valence-corrected chi connectivity index (χ4v) is 3.01. The van der Waals surface area contributed by atoms with Crippen LogP contribution in [0.4, 0.5) is 0 Å². The Morgan fingerprint density at radius 2 is 1.79 bits per heavy atom. The number of aromatic nitrogens is 5. The number of aromatic amines is 2. The van der Waals surface area contributed by atoms with Crippen molar-refractivity contribution in [3.05, 3.63) is 90.4 Å². The van der Waals surface area contributed by atoms with Gasteiger partial charge in [0.25, 0.3) is 0 Å². The van der Waals surface area contributed by atoms with Crippen LogP contribution < -0.4 is 4.74 Å². The molecule has 0 spiro atoms. The van der Waals surface area contributed by atoms with Crippen LogP contribution in [0.2, 0.25) is 0 Å². The van der Waals surface area contributed by atoms with Gasteiger partial charge in [0.05, 0.1) is 11.0 Å². The fourth-order valence-electron chi connectivity index (χ4n) is 3.01. The number of rotatable bonds is 5. The summed E-state index contributed by atoms with van der Waals surface area (Å²) in [6.45, 7) is 0. The van der Waals surface area contributed by atoms with Crippen molar-refractivity contribution in [3.63, 3.8) is 0 Å². The van der Waals surface area contributed by atoms with Gasteiger partial charge in [0.15, 0.2) is 11.6 Å². The smallest absolute Gasteiger partial charge is 0.229 e. The van der Waals surface area contributed by atoms with Crippen molar-refractivity contribution >= 4 is 16.8 Å². The van der Waals surface area contributed by atoms with E-state index in [-0.39, 0.29) is 11.6 Å². The molecule has 0 unspecified atom stereocenters. The van der Waals surface area contributed by atoms with Crippen molar-refractivity contribution in [3.8, 4) is 23.0 Å². The molecule has 0 fully saturated rings. The van der Waals surface area contributed by atoms with Gasteiger partial charge in [-0.1, -0.05) is 42.5 Å². The Bertz CT molecular complexity index is 1310. The van der Waals surface area contributed by atoms with Gasteiger partial charge in [-0.05, 0) is 24.3 Å². The zero-order valence-electron chi connectivity index (χ0n) is 15.2. The molecule has 2 aromatic carbocycles. The van der Waals surface area contributed by atoms with Gasteiger partial charge >= 0.3 is 0 Å². The van der Waals surface area contributed by atoms with Crippen LogP contribution in [0.1, 0.15) is 16.2 Å². The number of H-pyrrole nitrogens is 2. The van der Waals surface area contributed by atoms with Crippen LogP contribution in [0.25, 0.3) is 22.4 Å². The number of fused-ring (bicyclic) bond motifs is 1. The van der Waals surface area contributed by atoms with Gasteiger partial charge in [0.2, 0.25) is 11.7 Å². The summed E-state index contributed by atoms with van der Waals surface area (Å²) in [6.07, 6.45) is 1.83. The van der Waals surface area contributed by atoms with Crippen LogP contribution >= 0.6 is 0 Å². The number of nitrogens with one attached hydrogen (secondary N) is 2. The number of pyridine rings is 1. The quantitative estimate of drug-likeness (QED) is 0.441. The largest absolute Gasteiger partial charge is 0.439 e. The van der Waals surface area contributed by atoms with Crippen molar-refractivity contribution in [2.45, 2.75) is 0 Å². The Morgan fingerprint density at radius 1 is 0.897 bits per heavy atom. The number of hydrogen-bond donors (Lipinski definition) is 2. The Hall–Kier alpha value is -4.26. The highest BCUT2D eigenvalue weighted by atomic mass is 16.5. The van der Waals surface area contributed by atoms with E-state index in [1.54, 1.807) is 18.2 Å². The summed E-state index contributed by atoms with van der Waals surface area (Å²) in [6, 6.07) is 21.9. The molecule has 0 aliphatic heterocycles. The Balaban J connectivity index is 1.40. The first-order valence-corrected chi connectivity index (χ1v) is 9.01. The van der Waals surface area contributed by atoms with Gasteiger partial charge in [-0.25, -0.2) is 9.97 Å². The van der Waals surface area contributed by atoms with E-state index in [1.807, 2.05) is 60.8 Å². The first-order valence-electron chi connectivity index (χ1n) is 9.01. The standard InChI is InChI=1S/C22H15N5O2/c28-20(14-5-2-1-3-6-14)22-25-21(26-27-22)15-7-4-8-16(13-15)29-19-10-9-17-18(24-19)11-12-23-17/h1-13,23H,(H,25,26,27). The van der Waals surface area contributed by atoms with Gasteiger partial charge in [-0.3, -0.25) is 9.89 Å². The minimum Gasteiger partial charge on any atom is -0.439 e. The molecule has 5 rings (SSSR count). The molecule has 7 heteroatoms. The first-order chi connectivity index (χ1) is 14.3. The van der Waals surface area contributed by atoms with Crippen molar-refractivity contribution in [2.24, 2.45) is 0 Å². The minimum atomic E-state index is -0.208. The second kappa shape index (κ2) is 7.05. The van der Waals surface area contributed by atoms with Crippen LogP contribution in [0.15, 0.2) is 79.0 Å². The van der Waals surface area contributed by atoms with Crippen LogP contribution in [-0.4, -0.2) is 30.9 Å². The van der Waals surface area contributed by atoms with E-state index >= 15 is 0 Å². The van der Waals surface area contributed by atoms with Crippen LogP contribution in [-0.2, 0) is 0 Å². The maximum absolute atomic E-state index is 12.5. The van der Waals surface area contributed by atoms with Gasteiger partial charge in [0.1, 0.15) is 5.75 Å². The number of carbonyl (C=O) groups excluding carboxylic acids is 1. The molecule has 29 heavy (non-hydrogen) atoms. The lowest BCUT2D eigenvalue weighted by Gasteiger charge is -2.05. The number of benzene rings is 2. The topological polar surface area (TPSA) is 96.6 Å². The predicted molar refractivity (Wildman–Crippen MR) is 108 cm³/mol. The SMILES string of the molecule is O=C(c1ccccc1)c1nc(-c2cccc(Oc3ccc4[nH]ccc4n3)c2)n[nH]1. The van der Waals surface area contributed by atoms with E-state index in [1.165, 1.54) is 0 Å². The maximum atomic E-state index is 12.5. The summed E-state index contributed by atoms with van der Waals surface area (Å²) in [5.74, 6) is 1.50. The number of ketones is 1. The van der Waals surface area contributed by atoms with Gasteiger partial charge in [-0.15, -0.1) is 0 Å². The molecule has 7 nitrogen and oxygen atoms in total. The number of nitrogens with zero attached hydrogens (tertiary/aromatic N) is 3. The predicted octanol–water partition coefficient (Wildman–Crippen LogP) is 4.37. The number of ether oxygens (including phenoxy) is 1. The van der Waals surface area contributed by atoms with Crippen LogP contribution in [0, 0.1) is 0 Å². The van der Waals surface area contributed by atoms with Crippen molar-refractivity contribution in [1.29, 1.82) is 0 Å². The summed E-state index contributed by atoms with van der Waals surface area (Å²) in [4.78, 5) is 24.4. The zero-order chi connectivity index (χ0) is 19.6. The van der Waals surface area contributed by atoms with Gasteiger partial charge in [-0.2, -0.15) is 5.10 Å². The summed E-state index contributed by atoms with van der Waals surface area (Å²) in [5, 5.41) is 6.90. The molecule has 140 valence electrons. The average molecular weight is 381 g/mol. The molecule has 3 aromatic heterocycles. The third-order valence-electron chi connectivity index (χ3n) is 4.43. The fraction of sp³-hybridized carbons (Fsp3) is 0. The normalized spacial score (nSPS) is 10.9. The third-order valence-corrected chi connectivity index (χ3v) is 4.43. The van der Waals surface area contributed by atoms with E-state index in [0.29, 0.717) is 23.0 Å². The van der Waals surface area contributed by atoms with Crippen molar-refractivity contribution in [1.82, 2.24) is 25.1 Å². The average Bonchev–Trinajstić information content (AvgIpc) is 3.43. The minimum absolute atomic E-state index is 0.192. The molecule has 0 atom stereocenters. The lowest BCUT2D eigenvalue weighted by atomic mass is 10.1. The summed E-state index contributed by atoms with van der Waals surface area (Å²) in [5.41, 5.74) is 3.06. The van der Waals surface area contributed by atoms with E-state index in [4.69, 9.17) is 4.74 Å². The van der Waals surface area contributed by atoms with E-state index in [9.17, 15) is 4.79 Å². The number of carbonyl (C=O) groups is 1. The summed E-state index contributed by atoms with van der Waals surface area (Å²) < 4.78 is 5.88. The molecule has 2 N–H and O–H groups in total. The molecule has 0 bridgehead atoms. The van der Waals surface area contributed by atoms with E-state index < -0.39 is 0 Å². The first kappa shape index (κ1) is 16.9. The molecular weight excluding hydrogens is 366 g/mol.